The molecule has 0 aliphatic carbocycles. The summed E-state index contributed by atoms with van der Waals surface area (Å²) in [6, 6.07) is 7.61. The second-order valence-corrected chi connectivity index (χ2v) is 6.45. The van der Waals surface area contributed by atoms with Crippen LogP contribution in [0.25, 0.3) is 6.08 Å². The average Bonchev–Trinajstić information content (AvgIpc) is 2.95. The summed E-state index contributed by atoms with van der Waals surface area (Å²) in [5.41, 5.74) is 2.28. The van der Waals surface area contributed by atoms with Gasteiger partial charge in [-0.15, -0.1) is 0 Å². The van der Waals surface area contributed by atoms with Crippen LogP contribution < -0.4 is 10.1 Å². The summed E-state index contributed by atoms with van der Waals surface area (Å²) in [6.07, 6.45) is 3.59. The van der Waals surface area contributed by atoms with Crippen molar-refractivity contribution in [2.75, 3.05) is 20.3 Å². The summed E-state index contributed by atoms with van der Waals surface area (Å²) in [5, 5.41) is 7.46. The molecule has 0 atom stereocenters. The van der Waals surface area contributed by atoms with Crippen molar-refractivity contribution in [3.63, 3.8) is 0 Å². The van der Waals surface area contributed by atoms with E-state index in [0.29, 0.717) is 29.5 Å². The second kappa shape index (κ2) is 10.5. The Morgan fingerprint density at radius 1 is 1.36 bits per heavy atom. The maximum absolute atomic E-state index is 11.8. The van der Waals surface area contributed by atoms with Crippen LogP contribution in [0.15, 0.2) is 30.3 Å². The number of nitrogens with one attached hydrogen (secondary N) is 1. The molecule has 0 fully saturated rings. The van der Waals surface area contributed by atoms with Crippen LogP contribution in [0.1, 0.15) is 30.2 Å². The number of aryl methyl sites for hydroxylation is 1. The number of hydrogen-bond acceptors (Lipinski definition) is 5. The molecule has 7 nitrogen and oxygen atoms in total. The van der Waals surface area contributed by atoms with Crippen molar-refractivity contribution in [3.8, 4) is 5.75 Å². The topological polar surface area (TPSA) is 82.5 Å². The van der Waals surface area contributed by atoms with Gasteiger partial charge >= 0.3 is 5.97 Å². The van der Waals surface area contributed by atoms with Gasteiger partial charge in [0.25, 0.3) is 5.91 Å². The van der Waals surface area contributed by atoms with Gasteiger partial charge in [0.1, 0.15) is 10.9 Å². The van der Waals surface area contributed by atoms with Crippen LogP contribution in [-0.2, 0) is 20.9 Å². The fourth-order valence-electron chi connectivity index (χ4n) is 2.46. The van der Waals surface area contributed by atoms with E-state index in [0.717, 1.165) is 17.7 Å². The van der Waals surface area contributed by atoms with E-state index in [1.807, 2.05) is 31.2 Å². The number of carbonyl (C=O) groups excluding carboxylic acids is 2. The van der Waals surface area contributed by atoms with Crippen LogP contribution in [0, 0.1) is 6.92 Å². The number of halogens is 1. The summed E-state index contributed by atoms with van der Waals surface area (Å²) >= 11 is 6.42. The van der Waals surface area contributed by atoms with E-state index in [9.17, 15) is 9.59 Å². The van der Waals surface area contributed by atoms with Gasteiger partial charge in [-0.2, -0.15) is 5.10 Å². The Bertz CT molecular complexity index is 861. The quantitative estimate of drug-likeness (QED) is 0.512. The Morgan fingerprint density at radius 2 is 2.14 bits per heavy atom. The lowest BCUT2D eigenvalue weighted by Gasteiger charge is -2.06. The predicted octanol–water partition coefficient (Wildman–Crippen LogP) is 2.98. The number of rotatable bonds is 9. The highest BCUT2D eigenvalue weighted by atomic mass is 35.5. The van der Waals surface area contributed by atoms with E-state index in [4.69, 9.17) is 21.1 Å². The minimum absolute atomic E-state index is 0.314. The van der Waals surface area contributed by atoms with Crippen molar-refractivity contribution >= 4 is 29.6 Å². The van der Waals surface area contributed by atoms with Gasteiger partial charge in [0, 0.05) is 18.2 Å². The second-order valence-electron chi connectivity index (χ2n) is 6.09. The van der Waals surface area contributed by atoms with Crippen LogP contribution in [0.2, 0.25) is 5.15 Å². The molecule has 1 amide bonds. The number of hydrogen-bond donors (Lipinski definition) is 1. The number of ether oxygens (including phenoxy) is 2. The minimum atomic E-state index is -0.623. The van der Waals surface area contributed by atoms with E-state index in [1.165, 1.54) is 6.08 Å². The molecule has 0 radical (unpaired) electrons. The molecule has 0 unspecified atom stereocenters. The number of benzene rings is 1. The van der Waals surface area contributed by atoms with Crippen molar-refractivity contribution in [2.24, 2.45) is 0 Å². The maximum Gasteiger partial charge on any atom is 0.331 e. The number of esters is 1. The molecule has 1 aromatic carbocycles. The molecule has 0 aliphatic rings. The summed E-state index contributed by atoms with van der Waals surface area (Å²) in [5.74, 6) is -0.199. The maximum atomic E-state index is 11.8. The Labute approximate surface area is 169 Å². The molecule has 0 aliphatic heterocycles. The van der Waals surface area contributed by atoms with Crippen LogP contribution in [0.3, 0.4) is 0 Å². The van der Waals surface area contributed by atoms with E-state index >= 15 is 0 Å². The molecule has 1 N–H and O–H groups in total. The number of aromatic nitrogens is 2. The van der Waals surface area contributed by atoms with E-state index in [2.05, 4.69) is 10.4 Å². The first kappa shape index (κ1) is 21.5. The first-order chi connectivity index (χ1) is 13.4. The third-order valence-electron chi connectivity index (χ3n) is 3.88. The van der Waals surface area contributed by atoms with Crippen LogP contribution in [0.4, 0.5) is 0 Å². The van der Waals surface area contributed by atoms with Gasteiger partial charge in [0.15, 0.2) is 6.61 Å². The molecular formula is C20H24ClN3O4. The fraction of sp³-hybridized carbons (Fsp3) is 0.350. The number of nitrogens with zero attached hydrogens (tertiary/aromatic N) is 2. The molecule has 8 heteroatoms. The summed E-state index contributed by atoms with van der Waals surface area (Å²) in [7, 11) is 1.61. The molecular weight excluding hydrogens is 382 g/mol. The molecule has 0 bridgehead atoms. The van der Waals surface area contributed by atoms with E-state index in [1.54, 1.807) is 24.8 Å². The molecule has 2 rings (SSSR count). The average molecular weight is 406 g/mol. The fourth-order valence-corrected chi connectivity index (χ4v) is 2.75. The van der Waals surface area contributed by atoms with Gasteiger partial charge in [-0.25, -0.2) is 9.48 Å². The molecule has 28 heavy (non-hydrogen) atoms. The van der Waals surface area contributed by atoms with E-state index in [-0.39, 0.29) is 12.5 Å². The van der Waals surface area contributed by atoms with Gasteiger partial charge < -0.3 is 14.8 Å². The standard InChI is InChI=1S/C20H24ClN3O4/c1-4-10-22-18(25)13-28-19(26)9-8-17-14(2)23-24(20(17)21)12-15-6-5-7-16(11-15)27-3/h5-9,11H,4,10,12-13H2,1-3H3,(H,22,25)/b9-8+. The van der Waals surface area contributed by atoms with Crippen molar-refractivity contribution < 1.29 is 19.1 Å². The molecule has 1 aromatic heterocycles. The first-order valence-corrected chi connectivity index (χ1v) is 9.29. The van der Waals surface area contributed by atoms with E-state index < -0.39 is 5.97 Å². The van der Waals surface area contributed by atoms with Gasteiger partial charge in [-0.3, -0.25) is 4.79 Å². The first-order valence-electron chi connectivity index (χ1n) is 8.92. The zero-order chi connectivity index (χ0) is 20.5. The van der Waals surface area contributed by atoms with Crippen LogP contribution in [0.5, 0.6) is 5.75 Å². The highest BCUT2D eigenvalue weighted by molar-refractivity contribution is 6.31. The van der Waals surface area contributed by atoms with Crippen molar-refractivity contribution in [2.45, 2.75) is 26.8 Å². The summed E-state index contributed by atoms with van der Waals surface area (Å²) < 4.78 is 11.8. The van der Waals surface area contributed by atoms with Gasteiger partial charge in [0.05, 0.1) is 19.3 Å². The molecule has 2 aromatic rings. The highest BCUT2D eigenvalue weighted by Crippen LogP contribution is 2.23. The van der Waals surface area contributed by atoms with Crippen LogP contribution in [-0.4, -0.2) is 41.9 Å². The smallest absolute Gasteiger partial charge is 0.331 e. The molecule has 1 heterocycles. The normalized spacial score (nSPS) is 10.9. The zero-order valence-corrected chi connectivity index (χ0v) is 17.0. The minimum Gasteiger partial charge on any atom is -0.497 e. The molecule has 0 spiro atoms. The third-order valence-corrected chi connectivity index (χ3v) is 4.28. The predicted molar refractivity (Wildman–Crippen MR) is 107 cm³/mol. The number of amides is 1. The van der Waals surface area contributed by atoms with Crippen molar-refractivity contribution in [1.29, 1.82) is 0 Å². The SMILES string of the molecule is CCCNC(=O)COC(=O)/C=C/c1c(C)nn(Cc2cccc(OC)c2)c1Cl. The lowest BCUT2D eigenvalue weighted by Crippen LogP contribution is -2.28. The van der Waals surface area contributed by atoms with Gasteiger partial charge in [0.2, 0.25) is 0 Å². The third kappa shape index (κ3) is 6.13. The molecule has 0 saturated heterocycles. The monoisotopic (exact) mass is 405 g/mol. The Balaban J connectivity index is 2.01. The molecule has 0 saturated carbocycles. The summed E-state index contributed by atoms with van der Waals surface area (Å²) in [4.78, 5) is 23.3. The summed E-state index contributed by atoms with van der Waals surface area (Å²) in [6.45, 7) is 4.44. The van der Waals surface area contributed by atoms with Gasteiger partial charge in [-0.1, -0.05) is 30.7 Å². The number of methoxy groups -OCH3 is 1. The van der Waals surface area contributed by atoms with Crippen molar-refractivity contribution in [1.82, 2.24) is 15.1 Å². The lowest BCUT2D eigenvalue weighted by molar-refractivity contribution is -0.143. The Kier molecular flexibility index (Phi) is 8.07. The Hall–Kier alpha value is -2.80. The molecule has 150 valence electrons. The van der Waals surface area contributed by atoms with Gasteiger partial charge in [-0.05, 0) is 37.1 Å². The number of carbonyl (C=O) groups is 2. The largest absolute Gasteiger partial charge is 0.497 e. The highest BCUT2D eigenvalue weighted by Gasteiger charge is 2.12. The zero-order valence-electron chi connectivity index (χ0n) is 16.2. The van der Waals surface area contributed by atoms with Crippen molar-refractivity contribution in [3.05, 3.63) is 52.3 Å². The van der Waals surface area contributed by atoms with Crippen LogP contribution >= 0.6 is 11.6 Å². The Morgan fingerprint density at radius 3 is 2.86 bits per heavy atom. The lowest BCUT2D eigenvalue weighted by atomic mass is 10.2.